The zero-order valence-corrected chi connectivity index (χ0v) is 16.2. The molecule has 0 unspecified atom stereocenters. The van der Waals surface area contributed by atoms with Crippen LogP contribution in [0.5, 0.6) is 0 Å². The Labute approximate surface area is 153 Å². The van der Waals surface area contributed by atoms with Crippen molar-refractivity contribution in [1.29, 1.82) is 0 Å². The molecule has 2 N–H and O–H groups in total. The Morgan fingerprint density at radius 2 is 1.76 bits per heavy atom. The Balaban J connectivity index is 1.82. The SMILES string of the molecule is Cc1cc(Cc2nc(-c3cnc(C(C)(C)C)cn3)cs2)c(C)cc1N. The highest BCUT2D eigenvalue weighted by Gasteiger charge is 2.16. The molecule has 0 saturated heterocycles. The second kappa shape index (κ2) is 6.56. The Morgan fingerprint density at radius 3 is 2.40 bits per heavy atom. The molecule has 0 radical (unpaired) electrons. The van der Waals surface area contributed by atoms with E-state index in [2.05, 4.69) is 49.1 Å². The molecule has 2 aromatic heterocycles. The Kier molecular flexibility index (Phi) is 4.60. The lowest BCUT2D eigenvalue weighted by Crippen LogP contribution is -2.13. The minimum Gasteiger partial charge on any atom is -0.399 e. The Hall–Kier alpha value is -2.27. The van der Waals surface area contributed by atoms with Crippen LogP contribution in [0.1, 0.15) is 48.2 Å². The van der Waals surface area contributed by atoms with Crippen molar-refractivity contribution in [3.05, 3.63) is 57.3 Å². The third kappa shape index (κ3) is 3.87. The van der Waals surface area contributed by atoms with Gasteiger partial charge in [0.05, 0.1) is 16.9 Å². The highest BCUT2D eigenvalue weighted by molar-refractivity contribution is 7.10. The molecule has 0 bridgehead atoms. The summed E-state index contributed by atoms with van der Waals surface area (Å²) in [6.07, 6.45) is 4.48. The van der Waals surface area contributed by atoms with Crippen LogP contribution in [0.25, 0.3) is 11.4 Å². The van der Waals surface area contributed by atoms with Crippen molar-refractivity contribution in [3.63, 3.8) is 0 Å². The predicted molar refractivity (Wildman–Crippen MR) is 105 cm³/mol. The Morgan fingerprint density at radius 1 is 1.00 bits per heavy atom. The van der Waals surface area contributed by atoms with Gasteiger partial charge in [0.25, 0.3) is 0 Å². The minimum atomic E-state index is 0.00328. The normalized spacial score (nSPS) is 11.7. The van der Waals surface area contributed by atoms with Gasteiger partial charge < -0.3 is 5.73 Å². The molecule has 0 saturated carbocycles. The molecule has 4 nitrogen and oxygen atoms in total. The van der Waals surface area contributed by atoms with Crippen LogP contribution in [0.3, 0.4) is 0 Å². The summed E-state index contributed by atoms with van der Waals surface area (Å²) in [7, 11) is 0. The van der Waals surface area contributed by atoms with Gasteiger partial charge in [0, 0.05) is 29.1 Å². The van der Waals surface area contributed by atoms with Crippen LogP contribution in [-0.2, 0) is 11.8 Å². The first-order chi connectivity index (χ1) is 11.7. The van der Waals surface area contributed by atoms with E-state index in [0.29, 0.717) is 0 Å². The average molecular weight is 353 g/mol. The number of thiazole rings is 1. The maximum absolute atomic E-state index is 5.98. The maximum Gasteiger partial charge on any atom is 0.108 e. The monoisotopic (exact) mass is 352 g/mol. The lowest BCUT2D eigenvalue weighted by Gasteiger charge is -2.16. The van der Waals surface area contributed by atoms with Gasteiger partial charge in [-0.15, -0.1) is 11.3 Å². The number of nitrogens with two attached hydrogens (primary N) is 1. The van der Waals surface area contributed by atoms with E-state index in [9.17, 15) is 0 Å². The van der Waals surface area contributed by atoms with Gasteiger partial charge in [-0.2, -0.15) is 0 Å². The van der Waals surface area contributed by atoms with E-state index >= 15 is 0 Å². The average Bonchev–Trinajstić information content (AvgIpc) is 3.00. The second-order valence-electron chi connectivity index (χ2n) is 7.48. The van der Waals surface area contributed by atoms with Crippen LogP contribution in [-0.4, -0.2) is 15.0 Å². The predicted octanol–water partition coefficient (Wildman–Crippen LogP) is 4.69. The molecular weight excluding hydrogens is 328 g/mol. The Bertz CT molecular complexity index is 889. The van der Waals surface area contributed by atoms with E-state index in [0.717, 1.165) is 39.8 Å². The quantitative estimate of drug-likeness (QED) is 0.695. The number of nitrogens with zero attached hydrogens (tertiary/aromatic N) is 3. The molecule has 0 amide bonds. The lowest BCUT2D eigenvalue weighted by atomic mass is 9.93. The summed E-state index contributed by atoms with van der Waals surface area (Å²) in [4.78, 5) is 13.8. The summed E-state index contributed by atoms with van der Waals surface area (Å²) < 4.78 is 0. The molecular formula is C20H24N4S. The second-order valence-corrected chi connectivity index (χ2v) is 8.42. The summed E-state index contributed by atoms with van der Waals surface area (Å²) >= 11 is 1.66. The van der Waals surface area contributed by atoms with E-state index in [-0.39, 0.29) is 5.41 Å². The number of benzene rings is 1. The number of anilines is 1. The van der Waals surface area contributed by atoms with Crippen molar-refractivity contribution in [2.45, 2.75) is 46.5 Å². The van der Waals surface area contributed by atoms with Crippen molar-refractivity contribution >= 4 is 17.0 Å². The van der Waals surface area contributed by atoms with Crippen LogP contribution >= 0.6 is 11.3 Å². The van der Waals surface area contributed by atoms with E-state index in [1.54, 1.807) is 11.3 Å². The highest BCUT2D eigenvalue weighted by atomic mass is 32.1. The molecule has 0 aliphatic rings. The topological polar surface area (TPSA) is 64.7 Å². The van der Waals surface area contributed by atoms with Gasteiger partial charge in [0.1, 0.15) is 11.4 Å². The van der Waals surface area contributed by atoms with Crippen LogP contribution in [0.4, 0.5) is 5.69 Å². The summed E-state index contributed by atoms with van der Waals surface area (Å²) in [5.74, 6) is 0. The molecule has 3 aromatic rings. The molecule has 25 heavy (non-hydrogen) atoms. The number of aromatic nitrogens is 3. The molecule has 5 heteroatoms. The molecule has 2 heterocycles. The first-order valence-corrected chi connectivity index (χ1v) is 9.25. The molecule has 0 aliphatic heterocycles. The molecule has 3 rings (SSSR count). The van der Waals surface area contributed by atoms with Crippen LogP contribution < -0.4 is 5.73 Å². The third-order valence-corrected chi connectivity index (χ3v) is 5.15. The number of nitrogen functional groups attached to an aromatic ring is 1. The first kappa shape index (κ1) is 17.5. The molecule has 0 atom stereocenters. The van der Waals surface area contributed by atoms with Crippen LogP contribution in [0.2, 0.25) is 0 Å². The first-order valence-electron chi connectivity index (χ1n) is 8.37. The molecule has 0 spiro atoms. The zero-order valence-electron chi connectivity index (χ0n) is 15.4. The van der Waals surface area contributed by atoms with E-state index < -0.39 is 0 Å². The zero-order chi connectivity index (χ0) is 18.2. The van der Waals surface area contributed by atoms with Crippen molar-refractivity contribution < 1.29 is 0 Å². The van der Waals surface area contributed by atoms with E-state index in [1.165, 1.54) is 11.1 Å². The van der Waals surface area contributed by atoms with Gasteiger partial charge >= 0.3 is 0 Å². The van der Waals surface area contributed by atoms with Gasteiger partial charge in [0.2, 0.25) is 0 Å². The van der Waals surface area contributed by atoms with Gasteiger partial charge in [-0.25, -0.2) is 4.98 Å². The number of hydrogen-bond donors (Lipinski definition) is 1. The fourth-order valence-corrected chi connectivity index (χ4v) is 3.42. The molecule has 130 valence electrons. The molecule has 0 aliphatic carbocycles. The smallest absolute Gasteiger partial charge is 0.108 e. The van der Waals surface area contributed by atoms with E-state index in [1.807, 2.05) is 25.4 Å². The number of aryl methyl sites for hydroxylation is 2. The summed E-state index contributed by atoms with van der Waals surface area (Å²) in [6.45, 7) is 10.5. The van der Waals surface area contributed by atoms with Crippen LogP contribution in [0, 0.1) is 13.8 Å². The summed E-state index contributed by atoms with van der Waals surface area (Å²) in [6, 6.07) is 4.19. The van der Waals surface area contributed by atoms with Gasteiger partial charge in [-0.3, -0.25) is 9.97 Å². The highest BCUT2D eigenvalue weighted by Crippen LogP contribution is 2.26. The maximum atomic E-state index is 5.98. The standard InChI is InChI=1S/C20H24N4S/c1-12-7-15(21)13(2)6-14(12)8-19-24-17(11-25-19)16-9-23-18(10-22-16)20(3,4)5/h6-7,9-11H,8,21H2,1-5H3. The molecule has 0 fully saturated rings. The summed E-state index contributed by atoms with van der Waals surface area (Å²) in [5.41, 5.74) is 13.1. The minimum absolute atomic E-state index is 0.00328. The molecule has 1 aromatic carbocycles. The summed E-state index contributed by atoms with van der Waals surface area (Å²) in [5, 5.41) is 3.12. The van der Waals surface area contributed by atoms with Crippen molar-refractivity contribution in [2.75, 3.05) is 5.73 Å². The van der Waals surface area contributed by atoms with E-state index in [4.69, 9.17) is 10.7 Å². The fourth-order valence-electron chi connectivity index (χ4n) is 2.61. The van der Waals surface area contributed by atoms with Gasteiger partial charge in [-0.1, -0.05) is 26.8 Å². The third-order valence-electron chi connectivity index (χ3n) is 4.30. The lowest BCUT2D eigenvalue weighted by molar-refractivity contribution is 0.565. The van der Waals surface area contributed by atoms with Crippen molar-refractivity contribution in [3.8, 4) is 11.4 Å². The van der Waals surface area contributed by atoms with Crippen molar-refractivity contribution in [1.82, 2.24) is 15.0 Å². The fraction of sp³-hybridized carbons (Fsp3) is 0.350. The van der Waals surface area contributed by atoms with Gasteiger partial charge in [0.15, 0.2) is 0 Å². The number of hydrogen-bond acceptors (Lipinski definition) is 5. The van der Waals surface area contributed by atoms with Crippen LogP contribution in [0.15, 0.2) is 29.9 Å². The largest absolute Gasteiger partial charge is 0.399 e. The van der Waals surface area contributed by atoms with Crippen molar-refractivity contribution in [2.24, 2.45) is 0 Å². The number of rotatable bonds is 3. The van der Waals surface area contributed by atoms with Gasteiger partial charge in [-0.05, 0) is 36.6 Å².